The molecule has 0 saturated carbocycles. The predicted octanol–water partition coefficient (Wildman–Crippen LogP) is 4.21. The van der Waals surface area contributed by atoms with Crippen molar-refractivity contribution >= 4 is 5.97 Å². The highest BCUT2D eigenvalue weighted by Crippen LogP contribution is 2.32. The summed E-state index contributed by atoms with van der Waals surface area (Å²) >= 11 is 0. The van der Waals surface area contributed by atoms with E-state index in [4.69, 9.17) is 4.74 Å². The van der Waals surface area contributed by atoms with Crippen LogP contribution in [0.5, 0.6) is 0 Å². The quantitative estimate of drug-likeness (QED) is 0.763. The van der Waals surface area contributed by atoms with Crippen LogP contribution < -0.4 is 0 Å². The Labute approximate surface area is 117 Å². The third-order valence-electron chi connectivity index (χ3n) is 3.60. The van der Waals surface area contributed by atoms with E-state index in [1.165, 1.54) is 12.7 Å². The van der Waals surface area contributed by atoms with Crippen molar-refractivity contribution < 1.29 is 9.53 Å². The van der Waals surface area contributed by atoms with Gasteiger partial charge in [-0.15, -0.1) is 0 Å². The molecule has 0 amide bonds. The topological polar surface area (TPSA) is 26.3 Å². The number of carbonyl (C=O) groups excluding carboxylic acids is 1. The standard InChI is InChI=1S/C17H26O2/c1-11(2)15(16(18)19-7)14-10-13(17(4,5)6)9-8-12(14)3/h8-11,15H,1-7H3. The molecule has 0 fully saturated rings. The highest BCUT2D eigenvalue weighted by molar-refractivity contribution is 5.79. The van der Waals surface area contributed by atoms with Crippen LogP contribution in [-0.4, -0.2) is 13.1 Å². The molecule has 0 aliphatic rings. The average molecular weight is 262 g/mol. The van der Waals surface area contributed by atoms with Crippen LogP contribution in [0.4, 0.5) is 0 Å². The average Bonchev–Trinajstić information content (AvgIpc) is 2.29. The first kappa shape index (κ1) is 15.7. The van der Waals surface area contributed by atoms with Crippen molar-refractivity contribution in [1.29, 1.82) is 0 Å². The minimum Gasteiger partial charge on any atom is -0.469 e. The van der Waals surface area contributed by atoms with Crippen molar-refractivity contribution in [2.24, 2.45) is 5.92 Å². The van der Waals surface area contributed by atoms with Crippen molar-refractivity contribution in [3.8, 4) is 0 Å². The summed E-state index contributed by atoms with van der Waals surface area (Å²) < 4.78 is 4.97. The SMILES string of the molecule is COC(=O)C(c1cc(C(C)(C)C)ccc1C)C(C)C. The minimum atomic E-state index is -0.188. The number of esters is 1. The molecule has 1 aromatic carbocycles. The van der Waals surface area contributed by atoms with Crippen LogP contribution in [0.15, 0.2) is 18.2 Å². The minimum absolute atomic E-state index is 0.0834. The van der Waals surface area contributed by atoms with Crippen LogP contribution in [0, 0.1) is 12.8 Å². The zero-order valence-corrected chi connectivity index (χ0v) is 13.2. The van der Waals surface area contributed by atoms with Gasteiger partial charge in [-0.25, -0.2) is 0 Å². The van der Waals surface area contributed by atoms with E-state index < -0.39 is 0 Å². The van der Waals surface area contributed by atoms with Crippen molar-refractivity contribution in [3.63, 3.8) is 0 Å². The molecule has 2 nitrogen and oxygen atoms in total. The molecule has 0 spiro atoms. The molecule has 0 radical (unpaired) electrons. The highest BCUT2D eigenvalue weighted by atomic mass is 16.5. The number of hydrogen-bond acceptors (Lipinski definition) is 2. The first-order valence-electron chi connectivity index (χ1n) is 6.87. The Morgan fingerprint density at radius 3 is 2.21 bits per heavy atom. The van der Waals surface area contributed by atoms with E-state index in [1.807, 2.05) is 0 Å². The molecule has 0 bridgehead atoms. The summed E-state index contributed by atoms with van der Waals surface area (Å²) in [5.41, 5.74) is 3.58. The Morgan fingerprint density at radius 1 is 1.21 bits per heavy atom. The maximum absolute atomic E-state index is 12.0. The molecule has 106 valence electrons. The molecule has 0 aromatic heterocycles. The summed E-state index contributed by atoms with van der Waals surface area (Å²) in [5.74, 6) is -0.113. The van der Waals surface area contributed by atoms with Gasteiger partial charge in [0.2, 0.25) is 0 Å². The van der Waals surface area contributed by atoms with E-state index >= 15 is 0 Å². The van der Waals surface area contributed by atoms with Gasteiger partial charge in [0.25, 0.3) is 0 Å². The molecule has 19 heavy (non-hydrogen) atoms. The normalized spacial score (nSPS) is 13.5. The first-order valence-corrected chi connectivity index (χ1v) is 6.87. The number of benzene rings is 1. The Kier molecular flexibility index (Phi) is 4.78. The smallest absolute Gasteiger partial charge is 0.313 e. The van der Waals surface area contributed by atoms with Gasteiger partial charge >= 0.3 is 5.97 Å². The summed E-state index contributed by atoms with van der Waals surface area (Å²) in [4.78, 5) is 12.0. The van der Waals surface area contributed by atoms with Crippen molar-refractivity contribution in [3.05, 3.63) is 34.9 Å². The lowest BCUT2D eigenvalue weighted by Gasteiger charge is -2.25. The fourth-order valence-electron chi connectivity index (χ4n) is 2.33. The molecular formula is C17H26O2. The predicted molar refractivity (Wildman–Crippen MR) is 79.5 cm³/mol. The van der Waals surface area contributed by atoms with E-state index in [1.54, 1.807) is 0 Å². The number of methoxy groups -OCH3 is 1. The molecular weight excluding hydrogens is 236 g/mol. The lowest BCUT2D eigenvalue weighted by Crippen LogP contribution is -2.21. The monoisotopic (exact) mass is 262 g/mol. The van der Waals surface area contributed by atoms with Crippen LogP contribution in [0.1, 0.15) is 57.2 Å². The molecule has 0 saturated heterocycles. The molecule has 2 heteroatoms. The maximum Gasteiger partial charge on any atom is 0.313 e. The zero-order chi connectivity index (χ0) is 14.8. The van der Waals surface area contributed by atoms with E-state index in [-0.39, 0.29) is 23.2 Å². The largest absolute Gasteiger partial charge is 0.469 e. The molecule has 1 rings (SSSR count). The van der Waals surface area contributed by atoms with E-state index in [0.29, 0.717) is 0 Å². The maximum atomic E-state index is 12.0. The van der Waals surface area contributed by atoms with Gasteiger partial charge in [0.05, 0.1) is 13.0 Å². The lowest BCUT2D eigenvalue weighted by molar-refractivity contribution is -0.143. The first-order chi connectivity index (χ1) is 8.68. The summed E-state index contributed by atoms with van der Waals surface area (Å²) in [6.07, 6.45) is 0. The van der Waals surface area contributed by atoms with E-state index in [0.717, 1.165) is 11.1 Å². The van der Waals surface area contributed by atoms with Gasteiger partial charge in [-0.1, -0.05) is 52.8 Å². The number of rotatable bonds is 3. The Bertz CT molecular complexity index is 453. The Hall–Kier alpha value is -1.31. The highest BCUT2D eigenvalue weighted by Gasteiger charge is 2.27. The molecule has 1 aromatic rings. The van der Waals surface area contributed by atoms with Gasteiger partial charge in [-0.2, -0.15) is 0 Å². The zero-order valence-electron chi connectivity index (χ0n) is 13.2. The second-order valence-corrected chi connectivity index (χ2v) is 6.57. The fraction of sp³-hybridized carbons (Fsp3) is 0.588. The van der Waals surface area contributed by atoms with Gasteiger partial charge in [-0.3, -0.25) is 4.79 Å². The van der Waals surface area contributed by atoms with Gasteiger partial charge in [0, 0.05) is 0 Å². The lowest BCUT2D eigenvalue weighted by atomic mass is 9.80. The summed E-state index contributed by atoms with van der Waals surface area (Å²) in [6.45, 7) is 12.7. The molecule has 0 aliphatic heterocycles. The molecule has 1 unspecified atom stereocenters. The summed E-state index contributed by atoms with van der Waals surface area (Å²) in [5, 5.41) is 0. The van der Waals surface area contributed by atoms with Crippen molar-refractivity contribution in [2.75, 3.05) is 7.11 Å². The number of aryl methyl sites for hydroxylation is 1. The van der Waals surface area contributed by atoms with Crippen LogP contribution in [0.25, 0.3) is 0 Å². The summed E-state index contributed by atoms with van der Waals surface area (Å²) in [6, 6.07) is 6.42. The second kappa shape index (κ2) is 5.77. The van der Waals surface area contributed by atoms with Gasteiger partial charge < -0.3 is 4.74 Å². The molecule has 0 aliphatic carbocycles. The van der Waals surface area contributed by atoms with Crippen LogP contribution >= 0.6 is 0 Å². The molecule has 0 N–H and O–H groups in total. The van der Waals surface area contributed by atoms with E-state index in [9.17, 15) is 4.79 Å². The Balaban J connectivity index is 3.34. The van der Waals surface area contributed by atoms with Crippen LogP contribution in [0.3, 0.4) is 0 Å². The van der Waals surface area contributed by atoms with Crippen molar-refractivity contribution in [1.82, 2.24) is 0 Å². The number of hydrogen-bond donors (Lipinski definition) is 0. The third kappa shape index (κ3) is 3.59. The number of ether oxygens (including phenoxy) is 1. The summed E-state index contributed by atoms with van der Waals surface area (Å²) in [7, 11) is 1.46. The molecule has 1 atom stereocenters. The van der Waals surface area contributed by atoms with Crippen LogP contribution in [0.2, 0.25) is 0 Å². The van der Waals surface area contributed by atoms with Crippen LogP contribution in [-0.2, 0) is 14.9 Å². The fourth-order valence-corrected chi connectivity index (χ4v) is 2.33. The van der Waals surface area contributed by atoms with Gasteiger partial charge in [0.1, 0.15) is 0 Å². The second-order valence-electron chi connectivity index (χ2n) is 6.57. The third-order valence-corrected chi connectivity index (χ3v) is 3.60. The Morgan fingerprint density at radius 2 is 1.79 bits per heavy atom. The van der Waals surface area contributed by atoms with Gasteiger partial charge in [0.15, 0.2) is 0 Å². The number of carbonyl (C=O) groups is 1. The van der Waals surface area contributed by atoms with Gasteiger partial charge in [-0.05, 0) is 34.9 Å². The van der Waals surface area contributed by atoms with Crippen molar-refractivity contribution in [2.45, 2.75) is 52.9 Å². The molecule has 0 heterocycles. The van der Waals surface area contributed by atoms with E-state index in [2.05, 4.69) is 59.7 Å².